The van der Waals surface area contributed by atoms with Crippen LogP contribution >= 0.6 is 0 Å². The summed E-state index contributed by atoms with van der Waals surface area (Å²) >= 11 is 0. The molecule has 1 N–H and O–H groups in total. The van der Waals surface area contributed by atoms with Crippen molar-refractivity contribution in [2.45, 2.75) is 38.8 Å². The van der Waals surface area contributed by atoms with Gasteiger partial charge in [-0.1, -0.05) is 24.3 Å². The van der Waals surface area contributed by atoms with E-state index in [1.807, 2.05) is 50.2 Å². The van der Waals surface area contributed by atoms with E-state index in [-0.39, 0.29) is 17.8 Å². The Labute approximate surface area is 160 Å². The predicted octanol–water partition coefficient (Wildman–Crippen LogP) is 5.52. The van der Waals surface area contributed by atoms with E-state index < -0.39 is 0 Å². The van der Waals surface area contributed by atoms with Crippen LogP contribution < -0.4 is 10.1 Å². The van der Waals surface area contributed by atoms with Gasteiger partial charge in [0.25, 0.3) is 0 Å². The molecule has 2 aromatic carbocycles. The number of rotatable bonds is 9. The van der Waals surface area contributed by atoms with Crippen LogP contribution in [0, 0.1) is 5.82 Å². The molecule has 1 atom stereocenters. The molecule has 0 amide bonds. The third kappa shape index (κ3) is 5.69. The molecule has 0 saturated carbocycles. The summed E-state index contributed by atoms with van der Waals surface area (Å²) in [5.41, 5.74) is 2.30. The highest BCUT2D eigenvalue weighted by atomic mass is 19.1. The quantitative estimate of drug-likeness (QED) is 0.506. The number of hydrogen-bond donors (Lipinski definition) is 1. The van der Waals surface area contributed by atoms with Crippen LogP contribution in [0.1, 0.15) is 43.1 Å². The van der Waals surface area contributed by atoms with Gasteiger partial charge >= 0.3 is 0 Å². The molecular weight excluding hydrogens is 341 g/mol. The molecule has 3 rings (SSSR count). The first-order valence-electron chi connectivity index (χ1n) is 9.37. The van der Waals surface area contributed by atoms with Gasteiger partial charge in [0, 0.05) is 5.92 Å². The van der Waals surface area contributed by atoms with Crippen molar-refractivity contribution < 1.29 is 13.5 Å². The summed E-state index contributed by atoms with van der Waals surface area (Å²) in [6.45, 7) is 5.55. The molecule has 0 aliphatic rings. The van der Waals surface area contributed by atoms with Crippen molar-refractivity contribution in [2.24, 2.45) is 0 Å². The number of nitrogens with one attached hydrogen (secondary N) is 1. The lowest BCUT2D eigenvalue weighted by molar-refractivity contribution is 0.242. The number of furan rings is 1. The maximum atomic E-state index is 13.4. The largest absolute Gasteiger partial charge is 0.491 e. The zero-order valence-corrected chi connectivity index (χ0v) is 15.8. The minimum atomic E-state index is -0.214. The molecule has 0 unspecified atom stereocenters. The summed E-state index contributed by atoms with van der Waals surface area (Å²) in [5.74, 6) is 1.75. The van der Waals surface area contributed by atoms with Gasteiger partial charge in [0.05, 0.1) is 18.9 Å². The Balaban J connectivity index is 1.70. The van der Waals surface area contributed by atoms with Crippen molar-refractivity contribution in [3.8, 4) is 5.75 Å². The van der Waals surface area contributed by atoms with Gasteiger partial charge in [-0.15, -0.1) is 0 Å². The molecule has 4 heteroatoms. The number of hydrogen-bond acceptors (Lipinski definition) is 3. The summed E-state index contributed by atoms with van der Waals surface area (Å²) in [4.78, 5) is 0. The first-order valence-corrected chi connectivity index (χ1v) is 9.37. The Morgan fingerprint density at radius 1 is 0.963 bits per heavy atom. The molecule has 142 valence electrons. The Morgan fingerprint density at radius 3 is 2.22 bits per heavy atom. The van der Waals surface area contributed by atoms with Crippen LogP contribution in [0.5, 0.6) is 5.75 Å². The lowest BCUT2D eigenvalue weighted by Gasteiger charge is -2.19. The van der Waals surface area contributed by atoms with Crippen LogP contribution in [0.25, 0.3) is 0 Å². The molecule has 1 heterocycles. The molecule has 27 heavy (non-hydrogen) atoms. The van der Waals surface area contributed by atoms with Gasteiger partial charge in [-0.25, -0.2) is 4.39 Å². The van der Waals surface area contributed by atoms with E-state index >= 15 is 0 Å². The lowest BCUT2D eigenvalue weighted by Crippen LogP contribution is -2.17. The Hall–Kier alpha value is -2.59. The van der Waals surface area contributed by atoms with Crippen LogP contribution in [-0.4, -0.2) is 12.6 Å². The minimum Gasteiger partial charge on any atom is -0.491 e. The van der Waals surface area contributed by atoms with Crippen LogP contribution in [-0.2, 0) is 6.54 Å². The topological polar surface area (TPSA) is 34.4 Å². The van der Waals surface area contributed by atoms with Crippen LogP contribution in [0.2, 0.25) is 0 Å². The van der Waals surface area contributed by atoms with Gasteiger partial charge in [0.1, 0.15) is 17.3 Å². The van der Waals surface area contributed by atoms with Gasteiger partial charge in [-0.05, 0) is 74.3 Å². The van der Waals surface area contributed by atoms with Gasteiger partial charge in [0.15, 0.2) is 0 Å². The second-order valence-corrected chi connectivity index (χ2v) is 6.88. The van der Waals surface area contributed by atoms with Crippen molar-refractivity contribution in [2.75, 3.05) is 6.54 Å². The summed E-state index contributed by atoms with van der Waals surface area (Å²) < 4.78 is 24.4. The minimum absolute atomic E-state index is 0.148. The fourth-order valence-corrected chi connectivity index (χ4v) is 3.14. The van der Waals surface area contributed by atoms with Gasteiger partial charge in [-0.3, -0.25) is 0 Å². The van der Waals surface area contributed by atoms with Crippen molar-refractivity contribution in [1.29, 1.82) is 0 Å². The Bertz CT molecular complexity index is 795. The molecule has 0 fully saturated rings. The third-order valence-corrected chi connectivity index (χ3v) is 4.42. The number of halogens is 1. The van der Waals surface area contributed by atoms with Gasteiger partial charge in [0.2, 0.25) is 0 Å². The lowest BCUT2D eigenvalue weighted by atomic mass is 9.88. The smallest absolute Gasteiger partial charge is 0.123 e. The van der Waals surface area contributed by atoms with Crippen LogP contribution in [0.3, 0.4) is 0 Å². The molecular formula is C23H26FNO2. The first kappa shape index (κ1) is 19.2. The zero-order chi connectivity index (χ0) is 19.1. The third-order valence-electron chi connectivity index (χ3n) is 4.42. The van der Waals surface area contributed by atoms with E-state index in [0.29, 0.717) is 6.54 Å². The highest BCUT2D eigenvalue weighted by Gasteiger charge is 2.15. The van der Waals surface area contributed by atoms with E-state index in [1.165, 1.54) is 17.7 Å². The fraction of sp³-hybridized carbons (Fsp3) is 0.304. The predicted molar refractivity (Wildman–Crippen MR) is 105 cm³/mol. The molecule has 3 aromatic rings. The standard InChI is InChI=1S/C23H26FNO2/c1-17(2)27-21-11-7-19(8-12-21)23(18-5-9-20(24)10-6-18)13-14-25-16-22-4-3-15-26-22/h3-12,15,17,23,25H,13-14,16H2,1-2H3/t23-/m1/s1. The second kappa shape index (κ2) is 9.38. The highest BCUT2D eigenvalue weighted by molar-refractivity contribution is 5.36. The average molecular weight is 367 g/mol. The maximum Gasteiger partial charge on any atom is 0.123 e. The normalized spacial score (nSPS) is 12.3. The summed E-state index contributed by atoms with van der Waals surface area (Å²) in [6, 6.07) is 18.8. The van der Waals surface area contributed by atoms with Gasteiger partial charge in [-0.2, -0.15) is 0 Å². The molecule has 3 nitrogen and oxygen atoms in total. The van der Waals surface area contributed by atoms with Crippen molar-refractivity contribution >= 4 is 0 Å². The zero-order valence-electron chi connectivity index (χ0n) is 15.8. The molecule has 0 aliphatic carbocycles. The van der Waals surface area contributed by atoms with E-state index in [4.69, 9.17) is 9.15 Å². The van der Waals surface area contributed by atoms with E-state index in [9.17, 15) is 4.39 Å². The molecule has 1 aromatic heterocycles. The van der Waals surface area contributed by atoms with Gasteiger partial charge < -0.3 is 14.5 Å². The second-order valence-electron chi connectivity index (χ2n) is 6.88. The molecule has 0 saturated heterocycles. The first-order chi connectivity index (χ1) is 13.1. The Morgan fingerprint density at radius 2 is 1.63 bits per heavy atom. The maximum absolute atomic E-state index is 13.4. The molecule has 0 bridgehead atoms. The van der Waals surface area contributed by atoms with Crippen LogP contribution in [0.4, 0.5) is 4.39 Å². The van der Waals surface area contributed by atoms with Crippen molar-refractivity contribution in [3.63, 3.8) is 0 Å². The summed E-state index contributed by atoms with van der Waals surface area (Å²) in [5, 5.41) is 3.41. The van der Waals surface area contributed by atoms with E-state index in [0.717, 1.165) is 30.0 Å². The average Bonchev–Trinajstić information content (AvgIpc) is 3.17. The molecule has 0 radical (unpaired) electrons. The van der Waals surface area contributed by atoms with Crippen molar-refractivity contribution in [3.05, 3.63) is 89.6 Å². The molecule has 0 spiro atoms. The highest BCUT2D eigenvalue weighted by Crippen LogP contribution is 2.29. The van der Waals surface area contributed by atoms with E-state index in [2.05, 4.69) is 17.4 Å². The fourth-order valence-electron chi connectivity index (χ4n) is 3.14. The summed E-state index contributed by atoms with van der Waals surface area (Å²) in [6.07, 6.45) is 2.73. The molecule has 0 aliphatic heterocycles. The monoisotopic (exact) mass is 367 g/mol. The Kier molecular flexibility index (Phi) is 6.66. The van der Waals surface area contributed by atoms with Crippen molar-refractivity contribution in [1.82, 2.24) is 5.32 Å². The number of ether oxygens (including phenoxy) is 1. The SMILES string of the molecule is CC(C)Oc1ccc([C@H](CCNCc2ccco2)c2ccc(F)cc2)cc1. The van der Waals surface area contributed by atoms with Crippen LogP contribution in [0.15, 0.2) is 71.3 Å². The summed E-state index contributed by atoms with van der Waals surface area (Å²) in [7, 11) is 0. The van der Waals surface area contributed by atoms with E-state index in [1.54, 1.807) is 6.26 Å². The number of benzene rings is 2.